The SMILES string of the molecule is CC/C(C)=C(\N)N1CCCC(C/C(=N\C(=O)OC(C)(C)C)C(=O)N(C)OC)C1. The Kier molecular flexibility index (Phi) is 8.94. The fourth-order valence-electron chi connectivity index (χ4n) is 3.02. The van der Waals surface area contributed by atoms with Crippen LogP contribution in [0.4, 0.5) is 4.79 Å². The van der Waals surface area contributed by atoms with E-state index in [0.29, 0.717) is 6.42 Å². The number of allylic oxidation sites excluding steroid dienone is 1. The smallest absolute Gasteiger partial charge is 0.434 e. The Morgan fingerprint density at radius 1 is 1.32 bits per heavy atom. The Bertz CT molecular complexity index is 622. The largest absolute Gasteiger partial charge is 0.442 e. The van der Waals surface area contributed by atoms with Gasteiger partial charge in [0.1, 0.15) is 11.3 Å². The summed E-state index contributed by atoms with van der Waals surface area (Å²) < 4.78 is 5.25. The first kappa shape index (κ1) is 23.9. The Morgan fingerprint density at radius 2 is 1.96 bits per heavy atom. The number of piperidine rings is 1. The molecule has 2 N–H and O–H groups in total. The van der Waals surface area contributed by atoms with E-state index >= 15 is 0 Å². The molecule has 1 aliphatic rings. The van der Waals surface area contributed by atoms with Crippen molar-refractivity contribution in [3.63, 3.8) is 0 Å². The maximum Gasteiger partial charge on any atom is 0.434 e. The van der Waals surface area contributed by atoms with Crippen molar-refractivity contribution >= 4 is 17.7 Å². The van der Waals surface area contributed by atoms with Crippen LogP contribution in [-0.4, -0.2) is 60.5 Å². The number of rotatable bonds is 6. The van der Waals surface area contributed by atoms with Gasteiger partial charge in [0, 0.05) is 26.6 Å². The summed E-state index contributed by atoms with van der Waals surface area (Å²) in [7, 11) is 2.88. The molecule has 0 aromatic rings. The van der Waals surface area contributed by atoms with Crippen molar-refractivity contribution in [3.8, 4) is 0 Å². The molecule has 0 saturated carbocycles. The van der Waals surface area contributed by atoms with Gasteiger partial charge in [-0.3, -0.25) is 9.63 Å². The molecular weight excluding hydrogens is 360 g/mol. The van der Waals surface area contributed by atoms with Gasteiger partial charge in [-0.25, -0.2) is 9.86 Å². The van der Waals surface area contributed by atoms with Gasteiger partial charge in [-0.2, -0.15) is 4.99 Å². The second-order valence-electron chi connectivity index (χ2n) is 8.20. The molecular formula is C20H36N4O4. The summed E-state index contributed by atoms with van der Waals surface area (Å²) in [6, 6.07) is 0. The average molecular weight is 397 g/mol. The van der Waals surface area contributed by atoms with Gasteiger partial charge in [0.05, 0.1) is 12.9 Å². The van der Waals surface area contributed by atoms with E-state index in [0.717, 1.165) is 48.8 Å². The Balaban J connectivity index is 2.99. The van der Waals surface area contributed by atoms with Gasteiger partial charge >= 0.3 is 6.09 Å². The van der Waals surface area contributed by atoms with Crippen LogP contribution in [0.1, 0.15) is 60.3 Å². The minimum absolute atomic E-state index is 0.139. The van der Waals surface area contributed by atoms with Crippen molar-refractivity contribution in [1.82, 2.24) is 9.96 Å². The van der Waals surface area contributed by atoms with E-state index in [9.17, 15) is 9.59 Å². The van der Waals surface area contributed by atoms with Crippen molar-refractivity contribution in [3.05, 3.63) is 11.4 Å². The van der Waals surface area contributed by atoms with Crippen molar-refractivity contribution in [1.29, 1.82) is 0 Å². The molecule has 2 amide bonds. The first-order valence-corrected chi connectivity index (χ1v) is 9.81. The van der Waals surface area contributed by atoms with Crippen molar-refractivity contribution in [2.75, 3.05) is 27.2 Å². The molecule has 0 aromatic carbocycles. The van der Waals surface area contributed by atoms with Crippen LogP contribution in [0.25, 0.3) is 0 Å². The highest BCUT2D eigenvalue weighted by Crippen LogP contribution is 2.24. The number of nitrogens with two attached hydrogens (primary N) is 1. The summed E-state index contributed by atoms with van der Waals surface area (Å²) in [5, 5.41) is 1.07. The molecule has 0 aromatic heterocycles. The average Bonchev–Trinajstić information content (AvgIpc) is 2.63. The molecule has 1 saturated heterocycles. The monoisotopic (exact) mass is 396 g/mol. The quantitative estimate of drug-likeness (QED) is 0.547. The van der Waals surface area contributed by atoms with E-state index in [-0.39, 0.29) is 11.6 Å². The second-order valence-corrected chi connectivity index (χ2v) is 8.20. The number of ether oxygens (including phenoxy) is 1. The first-order valence-electron chi connectivity index (χ1n) is 9.81. The third-order valence-corrected chi connectivity index (χ3v) is 4.74. The van der Waals surface area contributed by atoms with Crippen LogP contribution < -0.4 is 5.73 Å². The second kappa shape index (κ2) is 10.5. The number of hydrogen-bond acceptors (Lipinski definition) is 6. The van der Waals surface area contributed by atoms with Crippen molar-refractivity contribution in [2.24, 2.45) is 16.6 Å². The van der Waals surface area contributed by atoms with E-state index in [1.807, 2.05) is 6.92 Å². The highest BCUT2D eigenvalue weighted by Gasteiger charge is 2.28. The molecule has 0 radical (unpaired) electrons. The number of carbonyl (C=O) groups is 2. The predicted molar refractivity (Wildman–Crippen MR) is 110 cm³/mol. The molecule has 28 heavy (non-hydrogen) atoms. The van der Waals surface area contributed by atoms with E-state index in [4.69, 9.17) is 15.3 Å². The Morgan fingerprint density at radius 3 is 2.50 bits per heavy atom. The van der Waals surface area contributed by atoms with E-state index in [1.165, 1.54) is 14.2 Å². The molecule has 1 unspecified atom stereocenters. The lowest BCUT2D eigenvalue weighted by atomic mass is 9.92. The number of nitrogens with zero attached hydrogens (tertiary/aromatic N) is 3. The molecule has 1 heterocycles. The number of amides is 2. The lowest BCUT2D eigenvalue weighted by Crippen LogP contribution is -2.41. The predicted octanol–water partition coefficient (Wildman–Crippen LogP) is 3.08. The van der Waals surface area contributed by atoms with Crippen molar-refractivity contribution < 1.29 is 19.2 Å². The molecule has 8 heteroatoms. The standard InChI is InChI=1S/C20H36N4O4/c1-8-14(2)17(21)24-11-9-10-15(13-24)12-16(18(25)23(6)27-7)22-19(26)28-20(3,4)5/h15H,8-13,21H2,1-7H3/b17-14+,22-16+. The van der Waals surface area contributed by atoms with Gasteiger partial charge in [-0.05, 0) is 58.4 Å². The van der Waals surface area contributed by atoms with Crippen LogP contribution in [0.3, 0.4) is 0 Å². The normalized spacial score (nSPS) is 19.2. The van der Waals surface area contributed by atoms with Crippen LogP contribution in [0.5, 0.6) is 0 Å². The number of aliphatic imine (C=N–C) groups is 1. The lowest BCUT2D eigenvalue weighted by molar-refractivity contribution is -0.160. The van der Waals surface area contributed by atoms with Gasteiger partial charge in [-0.1, -0.05) is 6.92 Å². The number of carbonyl (C=O) groups excluding carboxylic acids is 2. The molecule has 1 aliphatic heterocycles. The molecule has 160 valence electrons. The highest BCUT2D eigenvalue weighted by atomic mass is 16.7. The molecule has 1 fully saturated rings. The fraction of sp³-hybridized carbons (Fsp3) is 0.750. The zero-order valence-electron chi connectivity index (χ0n) is 18.4. The summed E-state index contributed by atoms with van der Waals surface area (Å²) in [6.45, 7) is 11.0. The number of likely N-dealkylation sites (tertiary alicyclic amines) is 1. The summed E-state index contributed by atoms with van der Waals surface area (Å²) >= 11 is 0. The molecule has 0 spiro atoms. The van der Waals surface area contributed by atoms with Crippen LogP contribution in [0.15, 0.2) is 16.4 Å². The molecule has 0 aliphatic carbocycles. The van der Waals surface area contributed by atoms with Crippen LogP contribution in [0, 0.1) is 5.92 Å². The van der Waals surface area contributed by atoms with Gasteiger partial charge in [0.15, 0.2) is 0 Å². The molecule has 8 nitrogen and oxygen atoms in total. The van der Waals surface area contributed by atoms with E-state index in [2.05, 4.69) is 16.8 Å². The highest BCUT2D eigenvalue weighted by molar-refractivity contribution is 6.39. The van der Waals surface area contributed by atoms with Crippen LogP contribution in [0.2, 0.25) is 0 Å². The minimum Gasteiger partial charge on any atom is -0.442 e. The molecule has 1 atom stereocenters. The molecule has 1 rings (SSSR count). The number of hydrogen-bond donors (Lipinski definition) is 1. The van der Waals surface area contributed by atoms with Gasteiger partial charge < -0.3 is 15.4 Å². The van der Waals surface area contributed by atoms with Crippen LogP contribution >= 0.6 is 0 Å². The first-order chi connectivity index (χ1) is 13.0. The Hall–Kier alpha value is -2.09. The third kappa shape index (κ3) is 7.50. The van der Waals surface area contributed by atoms with E-state index < -0.39 is 17.6 Å². The van der Waals surface area contributed by atoms with E-state index in [1.54, 1.807) is 20.8 Å². The zero-order valence-corrected chi connectivity index (χ0v) is 18.4. The minimum atomic E-state index is -0.769. The van der Waals surface area contributed by atoms with Gasteiger partial charge in [0.25, 0.3) is 5.91 Å². The summed E-state index contributed by atoms with van der Waals surface area (Å²) in [5.74, 6) is 0.518. The van der Waals surface area contributed by atoms with Crippen LogP contribution in [-0.2, 0) is 14.4 Å². The lowest BCUT2D eigenvalue weighted by Gasteiger charge is -2.35. The topological polar surface area (TPSA) is 97.5 Å². The van der Waals surface area contributed by atoms with Gasteiger partial charge in [0.2, 0.25) is 0 Å². The Labute approximate surface area is 168 Å². The number of hydroxylamine groups is 2. The third-order valence-electron chi connectivity index (χ3n) is 4.74. The zero-order chi connectivity index (χ0) is 21.5. The van der Waals surface area contributed by atoms with Gasteiger partial charge in [-0.15, -0.1) is 0 Å². The maximum atomic E-state index is 12.6. The maximum absolute atomic E-state index is 12.6. The van der Waals surface area contributed by atoms with Crippen molar-refractivity contribution in [2.45, 2.75) is 65.9 Å². The molecule has 0 bridgehead atoms. The fourth-order valence-corrected chi connectivity index (χ4v) is 3.02. The summed E-state index contributed by atoms with van der Waals surface area (Å²) in [6.07, 6.45) is 2.40. The summed E-state index contributed by atoms with van der Waals surface area (Å²) in [4.78, 5) is 35.9. The summed E-state index contributed by atoms with van der Waals surface area (Å²) in [5.41, 5.74) is 6.89.